The standard InChI is InChI=1S/C21H22N4OS/c1-5-12-24(4)16-10-11-22-20-17(16)18-19(27-20)21(26)25(14(3)23-18)15-8-6-13(2)7-9-15/h6-11H,5,12H2,1-4H3. The van der Waals surface area contributed by atoms with Crippen LogP contribution >= 0.6 is 11.3 Å². The first-order valence-electron chi connectivity index (χ1n) is 9.10. The number of anilines is 1. The molecule has 0 spiro atoms. The molecule has 3 aromatic heterocycles. The highest BCUT2D eigenvalue weighted by atomic mass is 32.1. The van der Waals surface area contributed by atoms with Crippen molar-refractivity contribution in [1.29, 1.82) is 0 Å². The van der Waals surface area contributed by atoms with Gasteiger partial charge in [0.2, 0.25) is 0 Å². The van der Waals surface area contributed by atoms with E-state index in [9.17, 15) is 4.79 Å². The average Bonchev–Trinajstić information content (AvgIpc) is 3.02. The van der Waals surface area contributed by atoms with Gasteiger partial charge < -0.3 is 4.90 Å². The van der Waals surface area contributed by atoms with E-state index in [4.69, 9.17) is 4.98 Å². The van der Waals surface area contributed by atoms with Crippen molar-refractivity contribution >= 4 is 37.5 Å². The van der Waals surface area contributed by atoms with E-state index in [1.807, 2.05) is 50.4 Å². The highest BCUT2D eigenvalue weighted by Crippen LogP contribution is 2.36. The first-order valence-corrected chi connectivity index (χ1v) is 9.92. The lowest BCUT2D eigenvalue weighted by Crippen LogP contribution is -2.21. The number of thiophene rings is 1. The molecule has 1 aromatic carbocycles. The molecule has 138 valence electrons. The fraction of sp³-hybridized carbons (Fsp3) is 0.286. The maximum absolute atomic E-state index is 13.3. The number of rotatable bonds is 4. The number of aryl methyl sites for hydroxylation is 2. The number of hydrogen-bond acceptors (Lipinski definition) is 5. The van der Waals surface area contributed by atoms with Crippen LogP contribution < -0.4 is 10.5 Å². The second kappa shape index (κ2) is 6.78. The summed E-state index contributed by atoms with van der Waals surface area (Å²) in [6.07, 6.45) is 2.86. The van der Waals surface area contributed by atoms with Crippen molar-refractivity contribution in [3.63, 3.8) is 0 Å². The molecule has 4 rings (SSSR count). The smallest absolute Gasteiger partial charge is 0.276 e. The Labute approximate surface area is 161 Å². The molecule has 0 radical (unpaired) electrons. The maximum Gasteiger partial charge on any atom is 0.276 e. The lowest BCUT2D eigenvalue weighted by molar-refractivity contribution is 0.855. The van der Waals surface area contributed by atoms with Crippen molar-refractivity contribution in [3.05, 3.63) is 58.3 Å². The van der Waals surface area contributed by atoms with E-state index < -0.39 is 0 Å². The zero-order valence-electron chi connectivity index (χ0n) is 16.0. The predicted molar refractivity (Wildman–Crippen MR) is 114 cm³/mol. The van der Waals surface area contributed by atoms with Crippen molar-refractivity contribution < 1.29 is 0 Å². The number of fused-ring (bicyclic) bond motifs is 3. The topological polar surface area (TPSA) is 51.0 Å². The van der Waals surface area contributed by atoms with Gasteiger partial charge in [0, 0.05) is 19.8 Å². The second-order valence-electron chi connectivity index (χ2n) is 6.85. The minimum absolute atomic E-state index is 0.0338. The number of benzene rings is 1. The summed E-state index contributed by atoms with van der Waals surface area (Å²) in [5.74, 6) is 0.684. The molecule has 4 aromatic rings. The van der Waals surface area contributed by atoms with Crippen molar-refractivity contribution in [2.24, 2.45) is 0 Å². The van der Waals surface area contributed by atoms with Crippen LogP contribution in [0.3, 0.4) is 0 Å². The molecule has 0 aliphatic carbocycles. The van der Waals surface area contributed by atoms with E-state index in [1.54, 1.807) is 4.57 Å². The van der Waals surface area contributed by atoms with Crippen molar-refractivity contribution in [2.45, 2.75) is 27.2 Å². The highest BCUT2D eigenvalue weighted by molar-refractivity contribution is 7.25. The zero-order valence-corrected chi connectivity index (χ0v) is 16.8. The number of pyridine rings is 1. The van der Waals surface area contributed by atoms with Crippen molar-refractivity contribution in [1.82, 2.24) is 14.5 Å². The van der Waals surface area contributed by atoms with Gasteiger partial charge >= 0.3 is 0 Å². The highest BCUT2D eigenvalue weighted by Gasteiger charge is 2.19. The molecule has 0 amide bonds. The summed E-state index contributed by atoms with van der Waals surface area (Å²) >= 11 is 1.43. The SMILES string of the molecule is CCCN(C)c1ccnc2sc3c(=O)n(-c4ccc(C)cc4)c(C)nc3c12. The molecule has 0 saturated heterocycles. The van der Waals surface area contributed by atoms with Gasteiger partial charge in [-0.25, -0.2) is 9.97 Å². The molecular weight excluding hydrogens is 356 g/mol. The van der Waals surface area contributed by atoms with Crippen LogP contribution in [0.1, 0.15) is 24.7 Å². The largest absolute Gasteiger partial charge is 0.374 e. The Morgan fingerprint density at radius 3 is 2.59 bits per heavy atom. The van der Waals surface area contributed by atoms with Crippen LogP contribution in [0.4, 0.5) is 5.69 Å². The summed E-state index contributed by atoms with van der Waals surface area (Å²) in [4.78, 5) is 25.7. The summed E-state index contributed by atoms with van der Waals surface area (Å²) in [7, 11) is 2.07. The van der Waals surface area contributed by atoms with Gasteiger partial charge in [-0.2, -0.15) is 0 Å². The van der Waals surface area contributed by atoms with Gasteiger partial charge in [0.25, 0.3) is 5.56 Å². The molecule has 0 aliphatic heterocycles. The van der Waals surface area contributed by atoms with Crippen LogP contribution in [0.2, 0.25) is 0 Å². The van der Waals surface area contributed by atoms with Crippen LogP contribution in [0.25, 0.3) is 26.1 Å². The Morgan fingerprint density at radius 1 is 1.15 bits per heavy atom. The number of aromatic nitrogens is 3. The Morgan fingerprint density at radius 2 is 1.89 bits per heavy atom. The second-order valence-corrected chi connectivity index (χ2v) is 7.85. The van der Waals surface area contributed by atoms with E-state index >= 15 is 0 Å². The number of nitrogens with zero attached hydrogens (tertiary/aromatic N) is 4. The van der Waals surface area contributed by atoms with Crippen LogP contribution in [0.5, 0.6) is 0 Å². The first kappa shape index (κ1) is 17.7. The van der Waals surface area contributed by atoms with Crippen LogP contribution in [-0.4, -0.2) is 28.1 Å². The molecule has 0 fully saturated rings. The molecule has 0 N–H and O–H groups in total. The molecule has 5 nitrogen and oxygen atoms in total. The normalized spacial score (nSPS) is 11.4. The van der Waals surface area contributed by atoms with E-state index in [1.165, 1.54) is 11.3 Å². The third kappa shape index (κ3) is 2.90. The fourth-order valence-corrected chi connectivity index (χ4v) is 4.51. The lowest BCUT2D eigenvalue weighted by Gasteiger charge is -2.19. The Hall–Kier alpha value is -2.73. The van der Waals surface area contributed by atoms with Gasteiger partial charge in [0.05, 0.1) is 16.8 Å². The summed E-state index contributed by atoms with van der Waals surface area (Å²) in [6.45, 7) is 7.02. The van der Waals surface area contributed by atoms with Gasteiger partial charge in [0.15, 0.2) is 0 Å². The summed E-state index contributed by atoms with van der Waals surface area (Å²) in [6, 6.07) is 9.95. The molecule has 0 aliphatic rings. The van der Waals surface area contributed by atoms with Gasteiger partial charge in [-0.1, -0.05) is 24.6 Å². The third-order valence-corrected chi connectivity index (χ3v) is 5.88. The lowest BCUT2D eigenvalue weighted by atomic mass is 10.2. The first-order chi connectivity index (χ1) is 13.0. The Kier molecular flexibility index (Phi) is 4.44. The monoisotopic (exact) mass is 378 g/mol. The zero-order chi connectivity index (χ0) is 19.1. The summed E-state index contributed by atoms with van der Waals surface area (Å²) in [5, 5.41) is 0.977. The maximum atomic E-state index is 13.3. The van der Waals surface area contributed by atoms with Gasteiger partial charge in [-0.3, -0.25) is 9.36 Å². The number of hydrogen-bond donors (Lipinski definition) is 0. The van der Waals surface area contributed by atoms with Crippen molar-refractivity contribution in [3.8, 4) is 5.69 Å². The molecule has 0 atom stereocenters. The Balaban J connectivity index is 2.03. The minimum Gasteiger partial charge on any atom is -0.374 e. The molecule has 3 heterocycles. The van der Waals surface area contributed by atoms with E-state index in [0.717, 1.165) is 45.6 Å². The predicted octanol–water partition coefficient (Wildman–Crippen LogP) is 4.46. The van der Waals surface area contributed by atoms with Crippen LogP contribution in [0.15, 0.2) is 41.3 Å². The van der Waals surface area contributed by atoms with Crippen LogP contribution in [0, 0.1) is 13.8 Å². The Bertz CT molecular complexity index is 1190. The fourth-order valence-electron chi connectivity index (χ4n) is 3.48. The summed E-state index contributed by atoms with van der Waals surface area (Å²) in [5.41, 5.74) is 3.80. The average molecular weight is 379 g/mol. The van der Waals surface area contributed by atoms with E-state index in [-0.39, 0.29) is 5.56 Å². The minimum atomic E-state index is -0.0338. The van der Waals surface area contributed by atoms with Gasteiger partial charge in [-0.05, 0) is 38.5 Å². The van der Waals surface area contributed by atoms with E-state index in [0.29, 0.717) is 10.5 Å². The van der Waals surface area contributed by atoms with Crippen LogP contribution in [-0.2, 0) is 0 Å². The molecule has 0 unspecified atom stereocenters. The molecule has 6 heteroatoms. The summed E-state index contributed by atoms with van der Waals surface area (Å²) < 4.78 is 2.34. The van der Waals surface area contributed by atoms with Gasteiger partial charge in [0.1, 0.15) is 20.9 Å². The quantitative estimate of drug-likeness (QED) is 0.526. The third-order valence-electron chi connectivity index (χ3n) is 4.80. The molecule has 0 saturated carbocycles. The van der Waals surface area contributed by atoms with Gasteiger partial charge in [-0.15, -0.1) is 11.3 Å². The van der Waals surface area contributed by atoms with E-state index in [2.05, 4.69) is 23.9 Å². The van der Waals surface area contributed by atoms with Crippen molar-refractivity contribution in [2.75, 3.05) is 18.5 Å². The molecule has 27 heavy (non-hydrogen) atoms. The molecule has 0 bridgehead atoms. The molecular formula is C21H22N4OS.